The number of carbonyl (C=O) groups excluding carboxylic acids is 1. The fourth-order valence-corrected chi connectivity index (χ4v) is 5.64. The van der Waals surface area contributed by atoms with Crippen molar-refractivity contribution in [2.45, 2.75) is 24.9 Å². The highest BCUT2D eigenvalue weighted by Gasteiger charge is 2.48. The van der Waals surface area contributed by atoms with Crippen LogP contribution in [0.15, 0.2) is 78.9 Å². The topological polar surface area (TPSA) is 40.5 Å². The molecule has 164 valence electrons. The van der Waals surface area contributed by atoms with E-state index in [1.165, 1.54) is 17.7 Å². The highest BCUT2D eigenvalue weighted by molar-refractivity contribution is 5.98. The number of carbonyl (C=O) groups is 1. The molecule has 5 rings (SSSR count). The average Bonchev–Trinajstić information content (AvgIpc) is 3.28. The molecule has 2 fully saturated rings. The molecule has 1 heterocycles. The van der Waals surface area contributed by atoms with Crippen LogP contribution in [0.1, 0.15) is 28.8 Å². The maximum Gasteiger partial charge on any atom is 0.176 e. The van der Waals surface area contributed by atoms with Gasteiger partial charge in [0, 0.05) is 25.1 Å². The second-order valence-corrected chi connectivity index (χ2v) is 9.52. The van der Waals surface area contributed by atoms with E-state index >= 15 is 0 Å². The summed E-state index contributed by atoms with van der Waals surface area (Å²) in [6, 6.07) is 24.1. The average molecular weight is 430 g/mol. The molecule has 0 spiro atoms. The van der Waals surface area contributed by atoms with Crippen molar-refractivity contribution in [2.75, 3.05) is 19.6 Å². The van der Waals surface area contributed by atoms with E-state index in [-0.39, 0.29) is 11.6 Å². The summed E-state index contributed by atoms with van der Waals surface area (Å²) in [5.74, 6) is 0.683. The van der Waals surface area contributed by atoms with Crippen LogP contribution in [-0.2, 0) is 6.42 Å². The van der Waals surface area contributed by atoms with Gasteiger partial charge in [-0.05, 0) is 59.6 Å². The van der Waals surface area contributed by atoms with Crippen LogP contribution in [0.2, 0.25) is 0 Å². The van der Waals surface area contributed by atoms with Gasteiger partial charge in [0.2, 0.25) is 0 Å². The van der Waals surface area contributed by atoms with Crippen molar-refractivity contribution in [2.24, 2.45) is 11.8 Å². The van der Waals surface area contributed by atoms with Gasteiger partial charge in [0.25, 0.3) is 0 Å². The van der Waals surface area contributed by atoms with Crippen LogP contribution in [0.5, 0.6) is 0 Å². The number of ketones is 1. The van der Waals surface area contributed by atoms with Gasteiger partial charge in [-0.2, -0.15) is 0 Å². The number of benzene rings is 3. The predicted octanol–water partition coefficient (Wildman–Crippen LogP) is 4.99. The van der Waals surface area contributed by atoms with Gasteiger partial charge in [0.1, 0.15) is 5.82 Å². The first-order valence-electron chi connectivity index (χ1n) is 11.4. The zero-order valence-electron chi connectivity index (χ0n) is 18.1. The number of halogens is 1. The summed E-state index contributed by atoms with van der Waals surface area (Å²) < 4.78 is 13.6. The van der Waals surface area contributed by atoms with Crippen molar-refractivity contribution >= 4 is 5.78 Å². The summed E-state index contributed by atoms with van der Waals surface area (Å²) >= 11 is 0. The first-order chi connectivity index (χ1) is 15.5. The van der Waals surface area contributed by atoms with E-state index < -0.39 is 5.60 Å². The number of fused-ring (bicyclic) bond motifs is 1. The molecular weight excluding hydrogens is 401 g/mol. The Balaban J connectivity index is 1.20. The molecule has 1 N–H and O–H groups in total. The summed E-state index contributed by atoms with van der Waals surface area (Å²) in [4.78, 5) is 15.2. The first-order valence-corrected chi connectivity index (χ1v) is 11.4. The summed E-state index contributed by atoms with van der Waals surface area (Å²) in [6.45, 7) is 2.10. The number of nitrogens with zero attached hydrogens (tertiary/aromatic N) is 1. The van der Waals surface area contributed by atoms with Gasteiger partial charge in [-0.1, -0.05) is 60.7 Å². The zero-order chi connectivity index (χ0) is 22.1. The van der Waals surface area contributed by atoms with Crippen LogP contribution in [0, 0.1) is 17.7 Å². The predicted molar refractivity (Wildman–Crippen MR) is 124 cm³/mol. The lowest BCUT2D eigenvalue weighted by molar-refractivity contribution is 0.0355. The van der Waals surface area contributed by atoms with Crippen LogP contribution < -0.4 is 0 Å². The molecule has 4 heteroatoms. The van der Waals surface area contributed by atoms with Gasteiger partial charge >= 0.3 is 0 Å². The second-order valence-electron chi connectivity index (χ2n) is 9.52. The highest BCUT2D eigenvalue weighted by Crippen LogP contribution is 2.45. The maximum atomic E-state index is 13.6. The molecule has 1 saturated carbocycles. The number of hydrogen-bond acceptors (Lipinski definition) is 3. The summed E-state index contributed by atoms with van der Waals surface area (Å²) in [5, 5.41) is 11.1. The Morgan fingerprint density at radius 2 is 1.56 bits per heavy atom. The molecule has 1 unspecified atom stereocenters. The smallest absolute Gasteiger partial charge is 0.176 e. The van der Waals surface area contributed by atoms with Crippen molar-refractivity contribution in [3.63, 3.8) is 0 Å². The zero-order valence-corrected chi connectivity index (χ0v) is 18.1. The molecule has 1 saturated heterocycles. The van der Waals surface area contributed by atoms with Crippen molar-refractivity contribution in [3.05, 3.63) is 95.8 Å². The molecule has 0 amide bonds. The Labute approximate surface area is 188 Å². The quantitative estimate of drug-likeness (QED) is 0.561. The van der Waals surface area contributed by atoms with E-state index in [1.54, 1.807) is 6.07 Å². The number of hydrogen-bond donors (Lipinski definition) is 1. The van der Waals surface area contributed by atoms with Crippen molar-refractivity contribution in [1.29, 1.82) is 0 Å². The molecule has 3 aromatic carbocycles. The first kappa shape index (κ1) is 21.0. The van der Waals surface area contributed by atoms with Crippen LogP contribution in [0.25, 0.3) is 11.1 Å². The van der Waals surface area contributed by atoms with Crippen molar-refractivity contribution < 1.29 is 14.3 Å². The molecule has 3 atom stereocenters. The molecule has 2 aliphatic rings. The number of aliphatic hydroxyl groups is 1. The highest BCUT2D eigenvalue weighted by atomic mass is 19.1. The summed E-state index contributed by atoms with van der Waals surface area (Å²) in [6.07, 6.45) is 2.30. The lowest BCUT2D eigenvalue weighted by atomic mass is 9.91. The molecule has 0 radical (unpaired) electrons. The molecular formula is C28H28FNO2. The fraction of sp³-hybridized carbons (Fsp3) is 0.321. The Morgan fingerprint density at radius 3 is 2.25 bits per heavy atom. The maximum absolute atomic E-state index is 13.6. The molecule has 3 nitrogen and oxygen atoms in total. The van der Waals surface area contributed by atoms with Crippen molar-refractivity contribution in [1.82, 2.24) is 4.90 Å². The number of likely N-dealkylation sites (tertiary alicyclic amines) is 1. The Bertz CT molecular complexity index is 1100. The van der Waals surface area contributed by atoms with Crippen molar-refractivity contribution in [3.8, 4) is 11.1 Å². The lowest BCUT2D eigenvalue weighted by Gasteiger charge is -2.26. The van der Waals surface area contributed by atoms with Gasteiger partial charge in [0.15, 0.2) is 5.78 Å². The standard InChI is InChI=1S/C28H28FNO2/c29-26-11-5-9-22(13-26)21-8-4-10-23(12-21)27(31)19-30-17-24-15-28(32,16-25(24)18-30)14-20-6-2-1-3-7-20/h1-13,24-25,32H,14-19H2/t24-,25+,28?. The number of Topliss-reactive ketones (excluding diaryl/α,β-unsaturated/α-hetero) is 1. The van der Waals surface area contributed by atoms with E-state index in [4.69, 9.17) is 0 Å². The third-order valence-electron chi connectivity index (χ3n) is 7.02. The van der Waals surface area contributed by atoms with E-state index in [2.05, 4.69) is 17.0 Å². The minimum absolute atomic E-state index is 0.0859. The molecule has 1 aliphatic carbocycles. The lowest BCUT2D eigenvalue weighted by Crippen LogP contribution is -2.34. The third kappa shape index (κ3) is 4.52. The largest absolute Gasteiger partial charge is 0.390 e. The fourth-order valence-electron chi connectivity index (χ4n) is 5.64. The molecule has 0 bridgehead atoms. The Kier molecular flexibility index (Phi) is 5.66. The van der Waals surface area contributed by atoms with Gasteiger partial charge in [-0.15, -0.1) is 0 Å². The van der Waals surface area contributed by atoms with Gasteiger partial charge in [0.05, 0.1) is 12.1 Å². The van der Waals surface area contributed by atoms with E-state index in [1.807, 2.05) is 48.5 Å². The van der Waals surface area contributed by atoms with Crippen LogP contribution in [-0.4, -0.2) is 41.0 Å². The Morgan fingerprint density at radius 1 is 0.906 bits per heavy atom. The minimum Gasteiger partial charge on any atom is -0.390 e. The third-order valence-corrected chi connectivity index (χ3v) is 7.02. The SMILES string of the molecule is O=C(CN1C[C@@H]2CC(O)(Cc3ccccc3)C[C@@H]2C1)c1cccc(-c2cccc(F)c2)c1. The van der Waals surface area contributed by atoms with E-state index in [9.17, 15) is 14.3 Å². The normalized spacial score (nSPS) is 25.1. The van der Waals surface area contributed by atoms with E-state index in [0.29, 0.717) is 30.4 Å². The monoisotopic (exact) mass is 429 g/mol. The van der Waals surface area contributed by atoms with Crippen LogP contribution in [0.4, 0.5) is 4.39 Å². The molecule has 32 heavy (non-hydrogen) atoms. The number of rotatable bonds is 6. The summed E-state index contributed by atoms with van der Waals surface area (Å²) in [5.41, 5.74) is 2.82. The Hall–Kier alpha value is -2.82. The van der Waals surface area contributed by atoms with E-state index in [0.717, 1.165) is 37.1 Å². The molecule has 3 aromatic rings. The van der Waals surface area contributed by atoms with Gasteiger partial charge in [-0.3, -0.25) is 9.69 Å². The van der Waals surface area contributed by atoms with Crippen LogP contribution in [0.3, 0.4) is 0 Å². The molecule has 0 aromatic heterocycles. The van der Waals surface area contributed by atoms with Crippen LogP contribution >= 0.6 is 0 Å². The summed E-state index contributed by atoms with van der Waals surface area (Å²) in [7, 11) is 0. The molecule has 1 aliphatic heterocycles. The second kappa shape index (κ2) is 8.61. The minimum atomic E-state index is -0.633. The van der Waals surface area contributed by atoms with Gasteiger partial charge < -0.3 is 5.11 Å². The van der Waals surface area contributed by atoms with Gasteiger partial charge in [-0.25, -0.2) is 4.39 Å².